The highest BCUT2D eigenvalue weighted by molar-refractivity contribution is 5.75. The minimum atomic E-state index is 0.635. The Balaban J connectivity index is 1.63. The maximum absolute atomic E-state index is 5.47. The van der Waals surface area contributed by atoms with Crippen molar-refractivity contribution in [1.29, 1.82) is 0 Å². The summed E-state index contributed by atoms with van der Waals surface area (Å²) in [6.45, 7) is 1.60. The van der Waals surface area contributed by atoms with Crippen LogP contribution in [0.4, 0.5) is 0 Å². The summed E-state index contributed by atoms with van der Waals surface area (Å²) >= 11 is 0. The van der Waals surface area contributed by atoms with Gasteiger partial charge in [-0.2, -0.15) is 0 Å². The third kappa shape index (κ3) is 2.04. The number of nitrogens with one attached hydrogen (secondary N) is 1. The molecule has 3 atom stereocenters. The Hall–Kier alpha value is -0.730. The number of hydrogen-bond acceptors (Lipinski definition) is 3. The second-order valence-electron chi connectivity index (χ2n) is 5.43. The Morgan fingerprint density at radius 1 is 1.06 bits per heavy atom. The SMILES string of the molecule is C1CC[C@@H]2[C@@H](C1)CCC[C@@H]2NC1=NCCO1. The van der Waals surface area contributed by atoms with Gasteiger partial charge in [0.15, 0.2) is 0 Å². The third-order valence-corrected chi connectivity index (χ3v) is 4.47. The van der Waals surface area contributed by atoms with E-state index in [2.05, 4.69) is 10.3 Å². The van der Waals surface area contributed by atoms with Crippen LogP contribution >= 0.6 is 0 Å². The number of amidine groups is 1. The van der Waals surface area contributed by atoms with Gasteiger partial charge in [0, 0.05) is 6.04 Å². The summed E-state index contributed by atoms with van der Waals surface area (Å²) < 4.78 is 5.47. The van der Waals surface area contributed by atoms with Gasteiger partial charge in [-0.1, -0.05) is 32.1 Å². The number of ether oxygens (including phenoxy) is 1. The van der Waals surface area contributed by atoms with Gasteiger partial charge in [-0.15, -0.1) is 0 Å². The van der Waals surface area contributed by atoms with E-state index >= 15 is 0 Å². The van der Waals surface area contributed by atoms with Crippen LogP contribution in [0.15, 0.2) is 4.99 Å². The molecule has 1 heterocycles. The van der Waals surface area contributed by atoms with Crippen LogP contribution in [0.5, 0.6) is 0 Å². The van der Waals surface area contributed by atoms with Crippen LogP contribution in [0.3, 0.4) is 0 Å². The van der Waals surface area contributed by atoms with Gasteiger partial charge in [-0.05, 0) is 24.7 Å². The maximum Gasteiger partial charge on any atom is 0.285 e. The lowest BCUT2D eigenvalue weighted by molar-refractivity contribution is 0.132. The zero-order valence-electron chi connectivity index (χ0n) is 9.95. The highest BCUT2D eigenvalue weighted by Crippen LogP contribution is 2.40. The first-order valence-electron chi connectivity index (χ1n) is 6.87. The molecule has 16 heavy (non-hydrogen) atoms. The largest absolute Gasteiger partial charge is 0.463 e. The number of fused-ring (bicyclic) bond motifs is 1. The van der Waals surface area contributed by atoms with E-state index in [1.807, 2.05) is 0 Å². The van der Waals surface area contributed by atoms with Crippen LogP contribution < -0.4 is 5.32 Å². The minimum absolute atomic E-state index is 0.635. The zero-order valence-corrected chi connectivity index (χ0v) is 9.95. The van der Waals surface area contributed by atoms with Crippen molar-refractivity contribution in [3.05, 3.63) is 0 Å². The molecule has 0 radical (unpaired) electrons. The van der Waals surface area contributed by atoms with Crippen LogP contribution in [0.25, 0.3) is 0 Å². The van der Waals surface area contributed by atoms with Gasteiger partial charge < -0.3 is 10.1 Å². The van der Waals surface area contributed by atoms with E-state index in [0.717, 1.165) is 31.0 Å². The van der Waals surface area contributed by atoms with Gasteiger partial charge in [0.05, 0.1) is 6.54 Å². The molecule has 3 nitrogen and oxygen atoms in total. The van der Waals surface area contributed by atoms with Gasteiger partial charge in [-0.3, -0.25) is 0 Å². The van der Waals surface area contributed by atoms with Gasteiger partial charge in [0.2, 0.25) is 0 Å². The van der Waals surface area contributed by atoms with Gasteiger partial charge in [0.1, 0.15) is 6.61 Å². The third-order valence-electron chi connectivity index (χ3n) is 4.47. The molecule has 2 fully saturated rings. The zero-order chi connectivity index (χ0) is 10.8. The molecule has 1 aliphatic heterocycles. The summed E-state index contributed by atoms with van der Waals surface area (Å²) in [6, 6.07) is 1.45. The summed E-state index contributed by atoms with van der Waals surface area (Å²) in [6.07, 6.45) is 9.88. The number of aliphatic imine (C=N–C) groups is 1. The lowest BCUT2D eigenvalue weighted by Gasteiger charge is -2.41. The van der Waals surface area contributed by atoms with Gasteiger partial charge in [0.25, 0.3) is 6.02 Å². The quantitative estimate of drug-likeness (QED) is 0.738. The topological polar surface area (TPSA) is 33.6 Å². The average Bonchev–Trinajstić information content (AvgIpc) is 2.82. The first-order chi connectivity index (χ1) is 7.93. The predicted octanol–water partition coefficient (Wildman–Crippen LogP) is 2.32. The van der Waals surface area contributed by atoms with Crippen molar-refractivity contribution in [2.24, 2.45) is 16.8 Å². The molecule has 0 amide bonds. The van der Waals surface area contributed by atoms with E-state index in [0.29, 0.717) is 6.04 Å². The number of rotatable bonds is 1. The lowest BCUT2D eigenvalue weighted by atomic mass is 9.68. The van der Waals surface area contributed by atoms with Crippen molar-refractivity contribution in [2.75, 3.05) is 13.2 Å². The summed E-state index contributed by atoms with van der Waals surface area (Å²) in [5.41, 5.74) is 0. The second kappa shape index (κ2) is 4.64. The first-order valence-corrected chi connectivity index (χ1v) is 6.87. The van der Waals surface area contributed by atoms with Crippen LogP contribution in [0, 0.1) is 11.8 Å². The Bertz CT molecular complexity index is 275. The van der Waals surface area contributed by atoms with Crippen molar-refractivity contribution < 1.29 is 4.74 Å². The Morgan fingerprint density at radius 3 is 2.81 bits per heavy atom. The fraction of sp³-hybridized carbons (Fsp3) is 0.923. The molecule has 0 spiro atoms. The van der Waals surface area contributed by atoms with Crippen LogP contribution in [0.2, 0.25) is 0 Å². The molecule has 0 unspecified atom stereocenters. The monoisotopic (exact) mass is 222 g/mol. The molecule has 1 N–H and O–H groups in total. The number of hydrogen-bond donors (Lipinski definition) is 1. The smallest absolute Gasteiger partial charge is 0.285 e. The van der Waals surface area contributed by atoms with Gasteiger partial charge >= 0.3 is 0 Å². The molecular formula is C13H22N2O. The fourth-order valence-corrected chi connectivity index (χ4v) is 3.70. The molecule has 0 bridgehead atoms. The highest BCUT2D eigenvalue weighted by Gasteiger charge is 2.35. The Kier molecular flexibility index (Phi) is 3.02. The minimum Gasteiger partial charge on any atom is -0.463 e. The predicted molar refractivity (Wildman–Crippen MR) is 64.5 cm³/mol. The molecule has 3 aliphatic rings. The van der Waals surface area contributed by atoms with E-state index in [9.17, 15) is 0 Å². The van der Waals surface area contributed by atoms with Crippen LogP contribution in [-0.2, 0) is 4.74 Å². The van der Waals surface area contributed by atoms with E-state index in [1.54, 1.807) is 0 Å². The molecule has 2 aliphatic carbocycles. The molecular weight excluding hydrogens is 200 g/mol. The standard InChI is InChI=1S/C13H22N2O/c1-2-6-11-10(4-1)5-3-7-12(11)15-13-14-8-9-16-13/h10-12H,1-9H2,(H,14,15)/t10-,11+,12-/m0/s1. The van der Waals surface area contributed by atoms with Crippen molar-refractivity contribution >= 4 is 6.02 Å². The van der Waals surface area contributed by atoms with Crippen LogP contribution in [0.1, 0.15) is 44.9 Å². The molecule has 0 aromatic heterocycles. The van der Waals surface area contributed by atoms with Gasteiger partial charge in [-0.25, -0.2) is 4.99 Å². The first kappa shape index (κ1) is 10.4. The molecule has 0 aromatic carbocycles. The summed E-state index contributed by atoms with van der Waals surface area (Å²) in [5, 5.41) is 3.54. The average molecular weight is 222 g/mol. The summed E-state index contributed by atoms with van der Waals surface area (Å²) in [4.78, 5) is 4.35. The second-order valence-corrected chi connectivity index (χ2v) is 5.43. The van der Waals surface area contributed by atoms with Crippen molar-refractivity contribution in [3.63, 3.8) is 0 Å². The molecule has 0 aromatic rings. The molecule has 2 saturated carbocycles. The van der Waals surface area contributed by atoms with E-state index in [1.165, 1.54) is 44.9 Å². The highest BCUT2D eigenvalue weighted by atomic mass is 16.5. The molecule has 0 saturated heterocycles. The Morgan fingerprint density at radius 2 is 1.94 bits per heavy atom. The van der Waals surface area contributed by atoms with Crippen molar-refractivity contribution in [3.8, 4) is 0 Å². The van der Waals surface area contributed by atoms with E-state index in [-0.39, 0.29) is 0 Å². The van der Waals surface area contributed by atoms with E-state index < -0.39 is 0 Å². The molecule has 3 rings (SSSR count). The Labute approximate surface area is 97.7 Å². The maximum atomic E-state index is 5.47. The normalized spacial score (nSPS) is 38.5. The van der Waals surface area contributed by atoms with Crippen LogP contribution in [-0.4, -0.2) is 25.2 Å². The van der Waals surface area contributed by atoms with Crippen molar-refractivity contribution in [1.82, 2.24) is 5.32 Å². The summed E-state index contributed by atoms with van der Waals surface area (Å²) in [5.74, 6) is 1.86. The molecule has 90 valence electrons. The number of nitrogens with zero attached hydrogens (tertiary/aromatic N) is 1. The van der Waals surface area contributed by atoms with E-state index in [4.69, 9.17) is 4.74 Å². The summed E-state index contributed by atoms with van der Waals surface area (Å²) in [7, 11) is 0. The fourth-order valence-electron chi connectivity index (χ4n) is 3.70. The van der Waals surface area contributed by atoms with Crippen molar-refractivity contribution in [2.45, 2.75) is 51.0 Å². The molecule has 3 heteroatoms. The lowest BCUT2D eigenvalue weighted by Crippen LogP contribution is -2.46.